The number of rotatable bonds is 21. The highest BCUT2D eigenvalue weighted by Gasteiger charge is 2.48. The molecule has 13 heteroatoms. The summed E-state index contributed by atoms with van der Waals surface area (Å²) in [6, 6.07) is 39.6. The molecule has 4 aromatic rings. The highest BCUT2D eigenvalue weighted by Crippen LogP contribution is 2.33. The van der Waals surface area contributed by atoms with Crippen molar-refractivity contribution in [2.45, 2.75) is 81.5 Å². The van der Waals surface area contributed by atoms with E-state index in [1.54, 1.807) is 13.2 Å². The van der Waals surface area contributed by atoms with Crippen molar-refractivity contribution in [3.8, 4) is 0 Å². The first-order chi connectivity index (χ1) is 29.5. The average Bonchev–Trinajstić information content (AvgIpc) is 3.30. The Bertz CT molecular complexity index is 1830. The van der Waals surface area contributed by atoms with Crippen LogP contribution in [0.3, 0.4) is 0 Å². The highest BCUT2D eigenvalue weighted by molar-refractivity contribution is 5.60. The molecule has 0 aliphatic carbocycles. The summed E-state index contributed by atoms with van der Waals surface area (Å²) in [4.78, 5) is 13.1. The summed E-state index contributed by atoms with van der Waals surface area (Å²) in [5.74, 6) is 0.399. The van der Waals surface area contributed by atoms with Crippen LogP contribution in [0.1, 0.15) is 22.3 Å². The van der Waals surface area contributed by atoms with Gasteiger partial charge >= 0.3 is 6.16 Å². The molecule has 322 valence electrons. The zero-order valence-electron chi connectivity index (χ0n) is 34.6. The van der Waals surface area contributed by atoms with E-state index in [2.05, 4.69) is 0 Å². The van der Waals surface area contributed by atoms with Crippen LogP contribution in [0, 0.1) is 0 Å². The van der Waals surface area contributed by atoms with Gasteiger partial charge in [-0.2, -0.15) is 0 Å². The molecule has 2 fully saturated rings. The Labute approximate surface area is 352 Å². The van der Waals surface area contributed by atoms with Crippen molar-refractivity contribution in [2.24, 2.45) is 0 Å². The summed E-state index contributed by atoms with van der Waals surface area (Å²) in [7, 11) is 6.09. The number of carbonyl (C=O) groups is 1. The summed E-state index contributed by atoms with van der Waals surface area (Å²) in [5.41, 5.74) is 3.94. The minimum atomic E-state index is -0.927. The second-order valence-electron chi connectivity index (χ2n) is 14.3. The van der Waals surface area contributed by atoms with Crippen LogP contribution in [-0.4, -0.2) is 110 Å². The van der Waals surface area contributed by atoms with Gasteiger partial charge in [0.2, 0.25) is 0 Å². The van der Waals surface area contributed by atoms with Crippen molar-refractivity contribution in [1.82, 2.24) is 0 Å². The van der Waals surface area contributed by atoms with Gasteiger partial charge in [0.15, 0.2) is 12.4 Å². The lowest BCUT2D eigenvalue weighted by Gasteiger charge is -2.43. The number of benzene rings is 4. The van der Waals surface area contributed by atoms with Crippen LogP contribution in [0.5, 0.6) is 0 Å². The average molecular weight is 829 g/mol. The Morgan fingerprint density at radius 2 is 1.02 bits per heavy atom. The molecule has 0 spiro atoms. The molecule has 0 amide bonds. The van der Waals surface area contributed by atoms with Gasteiger partial charge in [-0.15, -0.1) is 0 Å². The number of ether oxygens (including phenoxy) is 12. The Kier molecular flexibility index (Phi) is 17.9. The molecule has 4 aromatic carbocycles. The van der Waals surface area contributed by atoms with Crippen LogP contribution in [0.25, 0.3) is 0 Å². The zero-order chi connectivity index (χ0) is 41.9. The molecule has 6 rings (SSSR count). The summed E-state index contributed by atoms with van der Waals surface area (Å²) in [5, 5.41) is 0. The van der Waals surface area contributed by atoms with E-state index in [0.717, 1.165) is 22.3 Å². The molecule has 13 nitrogen and oxygen atoms in total. The smallest absolute Gasteiger partial charge is 0.487 e. The largest absolute Gasteiger partial charge is 0.508 e. The van der Waals surface area contributed by atoms with Crippen LogP contribution in [-0.2, 0) is 83.3 Å². The predicted molar refractivity (Wildman–Crippen MR) is 219 cm³/mol. The highest BCUT2D eigenvalue weighted by atomic mass is 16.7. The van der Waals surface area contributed by atoms with Gasteiger partial charge in [-0.05, 0) is 28.3 Å². The molecule has 0 unspecified atom stereocenters. The first-order valence-electron chi connectivity index (χ1n) is 20.0. The molecule has 0 saturated carbocycles. The normalized spacial score (nSPS) is 26.0. The van der Waals surface area contributed by atoms with Gasteiger partial charge < -0.3 is 56.8 Å². The maximum absolute atomic E-state index is 13.1. The summed E-state index contributed by atoms with van der Waals surface area (Å²) < 4.78 is 72.7. The molecule has 0 N–H and O–H groups in total. The van der Waals surface area contributed by atoms with Crippen molar-refractivity contribution in [3.63, 3.8) is 0 Å². The van der Waals surface area contributed by atoms with E-state index in [-0.39, 0.29) is 33.0 Å². The second-order valence-corrected chi connectivity index (χ2v) is 14.3. The first kappa shape index (κ1) is 44.9. The molecule has 9 atom stereocenters. The van der Waals surface area contributed by atoms with Gasteiger partial charge in [-0.3, -0.25) is 0 Å². The van der Waals surface area contributed by atoms with Crippen LogP contribution in [0.2, 0.25) is 0 Å². The summed E-state index contributed by atoms with van der Waals surface area (Å²) in [6.07, 6.45) is -5.24. The first-order valence-corrected chi connectivity index (χ1v) is 20.0. The molecular weight excluding hydrogens is 773 g/mol. The van der Waals surface area contributed by atoms with Gasteiger partial charge in [0.1, 0.15) is 61.7 Å². The van der Waals surface area contributed by atoms with Crippen molar-refractivity contribution in [2.75, 3.05) is 48.3 Å². The minimum Gasteiger partial charge on any atom is -0.487 e. The fourth-order valence-corrected chi connectivity index (χ4v) is 7.26. The molecule has 2 heterocycles. The fraction of sp³-hybridized carbons (Fsp3) is 0.426. The molecule has 2 saturated heterocycles. The quantitative estimate of drug-likeness (QED) is 0.0817. The SMILES string of the molecule is CO[C@H]1O[C@H](COC(=O)OC/C=C2\O[C@H](COCc3ccccc3)[C@@H](OCc3ccccc3)[C@H](OCc3ccccc3)[C@H]2OCc2ccccc2)[C@@H](OC)[C@H](OC)[C@H]1OC. The van der Waals surface area contributed by atoms with E-state index in [4.69, 9.17) is 56.8 Å². The van der Waals surface area contributed by atoms with E-state index >= 15 is 0 Å². The van der Waals surface area contributed by atoms with Crippen LogP contribution < -0.4 is 0 Å². The third-order valence-corrected chi connectivity index (χ3v) is 10.3. The third-order valence-electron chi connectivity index (χ3n) is 10.3. The topological polar surface area (TPSA) is 128 Å². The standard InChI is InChI=1S/C47H56O13/c1-49-40-39(60-46(52-4)45(51-3)43(40)50-2)32-58-47(48)54-26-25-37-41(55-28-34-19-11-6-12-20-34)44(57-30-36-23-15-8-16-24-36)42(56-29-35-21-13-7-14-22-35)38(59-37)31-53-27-33-17-9-5-10-18-33/h5-25,38-46H,26-32H2,1-4H3/b37-25-/t38-,39-,40-,41+,42-,43+,44-,45-,46+/m1/s1. The number of methoxy groups -OCH3 is 4. The van der Waals surface area contributed by atoms with Crippen molar-refractivity contribution in [1.29, 1.82) is 0 Å². The summed E-state index contributed by atoms with van der Waals surface area (Å²) in [6.45, 7) is 0.955. The molecular formula is C47H56O13. The molecule has 0 aromatic heterocycles. The third kappa shape index (κ3) is 12.7. The Morgan fingerprint density at radius 1 is 0.517 bits per heavy atom. The molecule has 0 bridgehead atoms. The number of carbonyl (C=O) groups excluding carboxylic acids is 1. The van der Waals surface area contributed by atoms with Crippen LogP contribution in [0.15, 0.2) is 133 Å². The van der Waals surface area contributed by atoms with E-state index in [1.807, 2.05) is 121 Å². The Morgan fingerprint density at radius 3 is 1.53 bits per heavy atom. The fourth-order valence-electron chi connectivity index (χ4n) is 7.26. The lowest BCUT2D eigenvalue weighted by atomic mass is 9.96. The van der Waals surface area contributed by atoms with Crippen molar-refractivity contribution >= 4 is 6.16 Å². The minimum absolute atomic E-state index is 0.169. The maximum Gasteiger partial charge on any atom is 0.508 e. The van der Waals surface area contributed by atoms with Gasteiger partial charge in [-0.25, -0.2) is 4.79 Å². The molecule has 2 aliphatic rings. The van der Waals surface area contributed by atoms with Gasteiger partial charge in [0.25, 0.3) is 0 Å². The molecule has 0 radical (unpaired) electrons. The maximum atomic E-state index is 13.1. The number of hydrogen-bond donors (Lipinski definition) is 0. The lowest BCUT2D eigenvalue weighted by Crippen LogP contribution is -2.61. The van der Waals surface area contributed by atoms with Gasteiger partial charge in [-0.1, -0.05) is 121 Å². The lowest BCUT2D eigenvalue weighted by molar-refractivity contribution is -0.306. The van der Waals surface area contributed by atoms with Crippen LogP contribution >= 0.6 is 0 Å². The van der Waals surface area contributed by atoms with Crippen LogP contribution in [0.4, 0.5) is 4.79 Å². The van der Waals surface area contributed by atoms with E-state index < -0.39 is 61.3 Å². The van der Waals surface area contributed by atoms with Crippen molar-refractivity contribution in [3.05, 3.63) is 155 Å². The Balaban J connectivity index is 1.23. The van der Waals surface area contributed by atoms with Gasteiger partial charge in [0.05, 0.1) is 33.0 Å². The molecule has 60 heavy (non-hydrogen) atoms. The Hall–Kier alpha value is -4.67. The zero-order valence-corrected chi connectivity index (χ0v) is 34.6. The van der Waals surface area contributed by atoms with Crippen molar-refractivity contribution < 1.29 is 61.6 Å². The van der Waals surface area contributed by atoms with E-state index in [0.29, 0.717) is 19.0 Å². The summed E-state index contributed by atoms with van der Waals surface area (Å²) >= 11 is 0. The molecule has 2 aliphatic heterocycles. The van der Waals surface area contributed by atoms with E-state index in [1.165, 1.54) is 21.3 Å². The predicted octanol–water partition coefficient (Wildman–Crippen LogP) is 6.81. The van der Waals surface area contributed by atoms with Gasteiger partial charge in [0, 0.05) is 28.4 Å². The monoisotopic (exact) mass is 828 g/mol. The number of hydrogen-bond acceptors (Lipinski definition) is 13. The second kappa shape index (κ2) is 23.9. The van der Waals surface area contributed by atoms with E-state index in [9.17, 15) is 4.79 Å².